The van der Waals surface area contributed by atoms with Crippen LogP contribution in [0.5, 0.6) is 0 Å². The highest BCUT2D eigenvalue weighted by Gasteiger charge is 2.06. The van der Waals surface area contributed by atoms with Crippen molar-refractivity contribution in [2.45, 2.75) is 12.5 Å². The van der Waals surface area contributed by atoms with Crippen molar-refractivity contribution >= 4 is 28.9 Å². The quantitative estimate of drug-likeness (QED) is 0.600. The summed E-state index contributed by atoms with van der Waals surface area (Å²) in [6.45, 7) is 0. The first kappa shape index (κ1) is 8.66. The molecule has 0 aliphatic carbocycles. The molecule has 0 aliphatic heterocycles. The molecule has 4 nitrogen and oxygen atoms in total. The molecule has 0 unspecified atom stereocenters. The molecule has 0 aromatic carbocycles. The van der Waals surface area contributed by atoms with Crippen molar-refractivity contribution in [1.82, 2.24) is 9.97 Å². The largest absolute Gasteiger partial charge is 0.348 e. The van der Waals surface area contributed by atoms with Gasteiger partial charge in [-0.3, -0.25) is 0 Å². The second kappa shape index (κ2) is 3.82. The lowest BCUT2D eigenvalue weighted by Gasteiger charge is -2.00. The zero-order valence-corrected chi connectivity index (χ0v) is 7.91. The number of nitrogens with zero attached hydrogens (tertiary/aromatic N) is 1. The van der Waals surface area contributed by atoms with Crippen LogP contribution >= 0.6 is 22.6 Å². The van der Waals surface area contributed by atoms with Crippen molar-refractivity contribution in [3.8, 4) is 0 Å². The predicted octanol–water partition coefficient (Wildman–Crippen LogP) is 0.0830. The highest BCUT2D eigenvalue weighted by atomic mass is 127. The summed E-state index contributed by atoms with van der Waals surface area (Å²) < 4.78 is 0.875. The minimum Gasteiger partial charge on any atom is -0.348 e. The third-order valence-corrected chi connectivity index (χ3v) is 2.21. The first-order valence-corrected chi connectivity index (χ1v) is 4.20. The Hall–Kier alpha value is -0.430. The molecule has 0 saturated carbocycles. The van der Waals surface area contributed by atoms with Crippen LogP contribution in [0.4, 0.5) is 0 Å². The van der Waals surface area contributed by atoms with Crippen LogP contribution in [0.1, 0.15) is 5.69 Å². The Bertz CT molecular complexity index is 248. The van der Waals surface area contributed by atoms with Gasteiger partial charge in [0.25, 0.3) is 0 Å². The number of hydrogen-bond donors (Lipinski definition) is 2. The van der Waals surface area contributed by atoms with Crippen LogP contribution in [0.15, 0.2) is 6.33 Å². The number of nitrogens with one attached hydrogen (secondary N) is 1. The van der Waals surface area contributed by atoms with Gasteiger partial charge in [0.05, 0.1) is 18.1 Å². The topological polar surface area (TPSA) is 71.8 Å². The van der Waals surface area contributed by atoms with Crippen molar-refractivity contribution in [1.29, 1.82) is 0 Å². The number of carbonyl (C=O) groups is 1. The standard InChI is InChI=1S/C6H8IN3O/c7-6-5(9-3-10-6)1-4(8)2-11/h2-4H,1,8H2,(H,9,10)/t4-/m0/s1. The molecule has 5 heteroatoms. The van der Waals surface area contributed by atoms with Gasteiger partial charge in [-0.2, -0.15) is 0 Å². The summed E-state index contributed by atoms with van der Waals surface area (Å²) in [5.41, 5.74) is 6.34. The number of aldehydes is 1. The molecular weight excluding hydrogens is 257 g/mol. The number of hydrogen-bond acceptors (Lipinski definition) is 3. The van der Waals surface area contributed by atoms with E-state index in [9.17, 15) is 4.79 Å². The summed E-state index contributed by atoms with van der Waals surface area (Å²) >= 11 is 2.09. The second-order valence-electron chi connectivity index (χ2n) is 2.18. The van der Waals surface area contributed by atoms with E-state index >= 15 is 0 Å². The molecule has 0 radical (unpaired) electrons. The number of aromatic nitrogens is 2. The monoisotopic (exact) mass is 265 g/mol. The molecule has 1 rings (SSSR count). The molecule has 1 heterocycles. The Morgan fingerprint density at radius 3 is 3.09 bits per heavy atom. The Kier molecular flexibility index (Phi) is 3.01. The van der Waals surface area contributed by atoms with E-state index in [1.54, 1.807) is 6.33 Å². The molecule has 0 amide bonds. The van der Waals surface area contributed by atoms with Crippen LogP contribution in [-0.4, -0.2) is 22.3 Å². The minimum absolute atomic E-state index is 0.427. The van der Waals surface area contributed by atoms with Crippen LogP contribution in [0.25, 0.3) is 0 Å². The van der Waals surface area contributed by atoms with Crippen molar-refractivity contribution in [2.24, 2.45) is 5.73 Å². The lowest BCUT2D eigenvalue weighted by molar-refractivity contribution is -0.108. The molecule has 11 heavy (non-hydrogen) atoms. The molecule has 0 aliphatic rings. The van der Waals surface area contributed by atoms with E-state index in [-0.39, 0.29) is 0 Å². The van der Waals surface area contributed by atoms with Gasteiger partial charge in [0, 0.05) is 6.42 Å². The summed E-state index contributed by atoms with van der Waals surface area (Å²) in [5.74, 6) is 0. The highest BCUT2D eigenvalue weighted by molar-refractivity contribution is 14.1. The van der Waals surface area contributed by atoms with Crippen LogP contribution in [0.3, 0.4) is 0 Å². The van der Waals surface area contributed by atoms with Gasteiger partial charge in [-0.05, 0) is 22.6 Å². The summed E-state index contributed by atoms with van der Waals surface area (Å²) in [4.78, 5) is 17.1. The zero-order valence-electron chi connectivity index (χ0n) is 5.75. The predicted molar refractivity (Wildman–Crippen MR) is 49.0 cm³/mol. The molecule has 0 bridgehead atoms. The fourth-order valence-electron chi connectivity index (χ4n) is 0.731. The second-order valence-corrected chi connectivity index (χ2v) is 3.20. The van der Waals surface area contributed by atoms with Gasteiger partial charge in [0.15, 0.2) is 0 Å². The number of imidazole rings is 1. The first-order chi connectivity index (χ1) is 5.24. The smallest absolute Gasteiger partial charge is 0.137 e. The van der Waals surface area contributed by atoms with Crippen molar-refractivity contribution in [2.75, 3.05) is 0 Å². The molecule has 0 saturated heterocycles. The van der Waals surface area contributed by atoms with Crippen LogP contribution in [0.2, 0.25) is 0 Å². The van der Waals surface area contributed by atoms with E-state index in [4.69, 9.17) is 5.73 Å². The number of nitrogens with two attached hydrogens (primary N) is 1. The maximum atomic E-state index is 10.2. The van der Waals surface area contributed by atoms with Gasteiger partial charge >= 0.3 is 0 Å². The van der Waals surface area contributed by atoms with Crippen LogP contribution < -0.4 is 5.73 Å². The fraction of sp³-hybridized carbons (Fsp3) is 0.333. The van der Waals surface area contributed by atoms with E-state index in [1.165, 1.54) is 0 Å². The van der Waals surface area contributed by atoms with E-state index in [1.807, 2.05) is 0 Å². The van der Waals surface area contributed by atoms with E-state index in [2.05, 4.69) is 32.6 Å². The Morgan fingerprint density at radius 2 is 2.64 bits per heavy atom. The SMILES string of the molecule is N[C@H](C=O)Cc1[nH]cnc1I. The summed E-state index contributed by atoms with van der Waals surface area (Å²) in [7, 11) is 0. The Labute approximate surface area is 77.7 Å². The molecule has 0 spiro atoms. The van der Waals surface area contributed by atoms with Gasteiger partial charge in [0.2, 0.25) is 0 Å². The number of rotatable bonds is 3. The average Bonchev–Trinajstić information content (AvgIpc) is 2.37. The van der Waals surface area contributed by atoms with E-state index in [0.29, 0.717) is 6.42 Å². The third-order valence-electron chi connectivity index (χ3n) is 1.28. The molecule has 1 atom stereocenters. The Balaban J connectivity index is 2.63. The van der Waals surface area contributed by atoms with Gasteiger partial charge in [-0.25, -0.2) is 4.98 Å². The summed E-state index contributed by atoms with van der Waals surface area (Å²) in [6, 6.07) is -0.427. The average molecular weight is 265 g/mol. The highest BCUT2D eigenvalue weighted by Crippen LogP contribution is 2.06. The van der Waals surface area contributed by atoms with Crippen molar-refractivity contribution in [3.63, 3.8) is 0 Å². The minimum atomic E-state index is -0.427. The van der Waals surface area contributed by atoms with Gasteiger partial charge in [-0.1, -0.05) is 0 Å². The molecule has 3 N–H and O–H groups in total. The zero-order chi connectivity index (χ0) is 8.27. The summed E-state index contributed by atoms with van der Waals surface area (Å²) in [6.07, 6.45) is 2.85. The van der Waals surface area contributed by atoms with Gasteiger partial charge < -0.3 is 15.5 Å². The number of halogens is 1. The lowest BCUT2D eigenvalue weighted by atomic mass is 10.2. The van der Waals surface area contributed by atoms with Gasteiger partial charge in [0.1, 0.15) is 9.99 Å². The number of carbonyl (C=O) groups excluding carboxylic acids is 1. The number of H-pyrrole nitrogens is 1. The molecular formula is C6H8IN3O. The molecule has 0 fully saturated rings. The normalized spacial score (nSPS) is 12.9. The van der Waals surface area contributed by atoms with E-state index < -0.39 is 6.04 Å². The molecule has 60 valence electrons. The third kappa shape index (κ3) is 2.26. The van der Waals surface area contributed by atoms with Crippen LogP contribution in [-0.2, 0) is 11.2 Å². The number of aromatic amines is 1. The van der Waals surface area contributed by atoms with Gasteiger partial charge in [-0.15, -0.1) is 0 Å². The van der Waals surface area contributed by atoms with Crippen molar-refractivity contribution < 1.29 is 4.79 Å². The molecule has 1 aromatic heterocycles. The first-order valence-electron chi connectivity index (χ1n) is 3.12. The summed E-state index contributed by atoms with van der Waals surface area (Å²) in [5, 5.41) is 0. The Morgan fingerprint density at radius 1 is 1.91 bits per heavy atom. The van der Waals surface area contributed by atoms with Crippen LogP contribution in [0, 0.1) is 3.70 Å². The lowest BCUT2D eigenvalue weighted by Crippen LogP contribution is -2.24. The van der Waals surface area contributed by atoms with E-state index in [0.717, 1.165) is 15.7 Å². The maximum absolute atomic E-state index is 10.2. The molecule has 1 aromatic rings. The fourth-order valence-corrected chi connectivity index (χ4v) is 1.25. The maximum Gasteiger partial charge on any atom is 0.137 e. The van der Waals surface area contributed by atoms with Crippen molar-refractivity contribution in [3.05, 3.63) is 15.7 Å².